The van der Waals surface area contributed by atoms with Crippen LogP contribution in [0.15, 0.2) is 24.3 Å². The molecule has 1 amide bonds. The van der Waals surface area contributed by atoms with Crippen molar-refractivity contribution in [2.75, 3.05) is 33.2 Å². The van der Waals surface area contributed by atoms with Crippen molar-refractivity contribution in [3.05, 3.63) is 35.4 Å². The zero-order valence-corrected chi connectivity index (χ0v) is 17.5. The Morgan fingerprint density at radius 3 is 2.23 bits per heavy atom. The van der Waals surface area contributed by atoms with E-state index in [4.69, 9.17) is 9.90 Å². The number of hydrogen-bond donors (Lipinski definition) is 2. The van der Waals surface area contributed by atoms with Crippen molar-refractivity contribution in [3.8, 4) is 0 Å². The van der Waals surface area contributed by atoms with Crippen LogP contribution in [0.5, 0.6) is 0 Å². The first-order valence-electron chi connectivity index (χ1n) is 9.90. The SMILES string of the molecule is Cc1ccc(CC(=O)N2CCC[C@]3(C(=O)O)CN(C)C[C@@H]3C2)cc1.O=C(O)C(F)(F)F. The van der Waals surface area contributed by atoms with Crippen LogP contribution in [0.25, 0.3) is 0 Å². The highest BCUT2D eigenvalue weighted by Crippen LogP contribution is 2.42. The summed E-state index contributed by atoms with van der Waals surface area (Å²) in [6.45, 7) is 4.59. The van der Waals surface area contributed by atoms with Crippen molar-refractivity contribution in [3.63, 3.8) is 0 Å². The van der Waals surface area contributed by atoms with Crippen molar-refractivity contribution in [2.45, 2.75) is 32.4 Å². The molecule has 0 aliphatic carbocycles. The molecule has 7 nitrogen and oxygen atoms in total. The molecule has 0 unspecified atom stereocenters. The van der Waals surface area contributed by atoms with Gasteiger partial charge in [-0.25, -0.2) is 4.79 Å². The minimum atomic E-state index is -5.08. The fourth-order valence-corrected chi connectivity index (χ4v) is 4.25. The van der Waals surface area contributed by atoms with E-state index < -0.39 is 23.5 Å². The van der Waals surface area contributed by atoms with Crippen LogP contribution in [0.4, 0.5) is 13.2 Å². The van der Waals surface area contributed by atoms with Gasteiger partial charge in [-0.15, -0.1) is 0 Å². The first-order chi connectivity index (χ1) is 14.3. The molecule has 0 saturated carbocycles. The summed E-state index contributed by atoms with van der Waals surface area (Å²) in [7, 11) is 1.97. The van der Waals surface area contributed by atoms with Crippen LogP contribution < -0.4 is 0 Å². The number of hydrogen-bond acceptors (Lipinski definition) is 4. The van der Waals surface area contributed by atoms with E-state index in [1.54, 1.807) is 0 Å². The standard InChI is InChI=1S/C19H26N2O3.C2HF3O2/c1-14-4-6-15(7-5-14)10-17(22)21-9-3-8-19(18(23)24)13-20(2)11-16(19)12-21;3-2(4,5)1(6)7/h4-7,16H,3,8-13H2,1-2H3,(H,23,24);(H,6,7)/t16-,19+;/m1./s1. The normalized spacial score (nSPS) is 23.9. The van der Waals surface area contributed by atoms with E-state index >= 15 is 0 Å². The number of halogens is 3. The Morgan fingerprint density at radius 1 is 1.13 bits per heavy atom. The quantitative estimate of drug-likeness (QED) is 0.743. The van der Waals surface area contributed by atoms with Gasteiger partial charge in [0.2, 0.25) is 5.91 Å². The van der Waals surface area contributed by atoms with Gasteiger partial charge in [0.05, 0.1) is 11.8 Å². The lowest BCUT2D eigenvalue weighted by atomic mass is 9.75. The number of aliphatic carboxylic acids is 2. The highest BCUT2D eigenvalue weighted by Gasteiger charge is 2.52. The van der Waals surface area contributed by atoms with E-state index in [9.17, 15) is 27.9 Å². The van der Waals surface area contributed by atoms with E-state index in [2.05, 4.69) is 4.90 Å². The van der Waals surface area contributed by atoms with Gasteiger partial charge in [-0.1, -0.05) is 29.8 Å². The van der Waals surface area contributed by atoms with Crippen LogP contribution in [-0.2, 0) is 20.8 Å². The number of carboxylic acids is 2. The summed E-state index contributed by atoms with van der Waals surface area (Å²) in [6, 6.07) is 8.03. The Balaban J connectivity index is 0.000000423. The second kappa shape index (κ2) is 9.67. The van der Waals surface area contributed by atoms with Crippen LogP contribution in [0, 0.1) is 18.3 Å². The van der Waals surface area contributed by atoms with Gasteiger partial charge in [-0.3, -0.25) is 9.59 Å². The average Bonchev–Trinajstić information content (AvgIpc) is 2.87. The maximum atomic E-state index is 12.7. The monoisotopic (exact) mass is 444 g/mol. The highest BCUT2D eigenvalue weighted by atomic mass is 19.4. The lowest BCUT2D eigenvalue weighted by Gasteiger charge is -2.29. The van der Waals surface area contributed by atoms with Crippen molar-refractivity contribution < 1.29 is 37.8 Å². The Kier molecular flexibility index (Phi) is 7.69. The molecular formula is C21H27F3N2O5. The molecule has 2 atom stereocenters. The fraction of sp³-hybridized carbons (Fsp3) is 0.571. The summed E-state index contributed by atoms with van der Waals surface area (Å²) in [5.41, 5.74) is 1.51. The predicted octanol–water partition coefficient (Wildman–Crippen LogP) is 2.43. The third kappa shape index (κ3) is 6.19. The molecule has 1 aromatic carbocycles. The van der Waals surface area contributed by atoms with Crippen LogP contribution in [0.2, 0.25) is 0 Å². The van der Waals surface area contributed by atoms with Crippen LogP contribution in [0.1, 0.15) is 24.0 Å². The zero-order valence-electron chi connectivity index (χ0n) is 17.5. The Bertz CT molecular complexity index is 812. The molecule has 0 bridgehead atoms. The number of alkyl halides is 3. The summed E-state index contributed by atoms with van der Waals surface area (Å²) >= 11 is 0. The number of likely N-dealkylation sites (tertiary alicyclic amines) is 2. The molecule has 1 aromatic rings. The molecule has 0 spiro atoms. The largest absolute Gasteiger partial charge is 0.490 e. The smallest absolute Gasteiger partial charge is 0.481 e. The molecule has 0 aromatic heterocycles. The summed E-state index contributed by atoms with van der Waals surface area (Å²) in [5, 5.41) is 16.9. The maximum absolute atomic E-state index is 12.7. The molecule has 2 aliphatic heterocycles. The topological polar surface area (TPSA) is 98.2 Å². The highest BCUT2D eigenvalue weighted by molar-refractivity contribution is 5.80. The summed E-state index contributed by atoms with van der Waals surface area (Å²) in [4.78, 5) is 37.5. The number of carboxylic acid groups (broad SMARTS) is 2. The second-order valence-corrected chi connectivity index (χ2v) is 8.26. The Labute approximate surface area is 178 Å². The molecule has 2 aliphatic rings. The van der Waals surface area contributed by atoms with Crippen molar-refractivity contribution >= 4 is 17.8 Å². The maximum Gasteiger partial charge on any atom is 0.490 e. The van der Waals surface area contributed by atoms with Gasteiger partial charge in [-0.05, 0) is 32.4 Å². The van der Waals surface area contributed by atoms with Crippen molar-refractivity contribution in [2.24, 2.45) is 11.3 Å². The lowest BCUT2D eigenvalue weighted by Crippen LogP contribution is -2.43. The average molecular weight is 444 g/mol. The molecule has 3 rings (SSSR count). The van der Waals surface area contributed by atoms with Gasteiger partial charge in [0.25, 0.3) is 0 Å². The zero-order chi connectivity index (χ0) is 23.4. The number of fused-ring (bicyclic) bond motifs is 1. The van der Waals surface area contributed by atoms with Gasteiger partial charge in [0.1, 0.15) is 0 Å². The Hall–Kier alpha value is -2.62. The van der Waals surface area contributed by atoms with E-state index in [1.807, 2.05) is 43.1 Å². The number of aryl methyl sites for hydroxylation is 1. The first kappa shape index (κ1) is 24.6. The second-order valence-electron chi connectivity index (χ2n) is 8.26. The van der Waals surface area contributed by atoms with Gasteiger partial charge in [0.15, 0.2) is 0 Å². The third-order valence-electron chi connectivity index (χ3n) is 5.85. The van der Waals surface area contributed by atoms with Crippen molar-refractivity contribution in [1.82, 2.24) is 9.80 Å². The molecule has 2 heterocycles. The molecule has 172 valence electrons. The molecule has 2 N–H and O–H groups in total. The summed E-state index contributed by atoms with van der Waals surface area (Å²) in [5.74, 6) is -3.34. The van der Waals surface area contributed by atoms with E-state index in [0.717, 1.165) is 18.5 Å². The molecule has 2 saturated heterocycles. The van der Waals surface area contributed by atoms with Gasteiger partial charge in [-0.2, -0.15) is 13.2 Å². The molecular weight excluding hydrogens is 417 g/mol. The van der Waals surface area contributed by atoms with Crippen LogP contribution in [-0.4, -0.2) is 77.3 Å². The summed E-state index contributed by atoms with van der Waals surface area (Å²) in [6.07, 6.45) is -3.27. The predicted molar refractivity (Wildman–Crippen MR) is 105 cm³/mol. The number of carbonyl (C=O) groups excluding carboxylic acids is 1. The van der Waals surface area contributed by atoms with Gasteiger partial charge >= 0.3 is 18.1 Å². The lowest BCUT2D eigenvalue weighted by molar-refractivity contribution is -0.192. The number of rotatable bonds is 3. The number of nitrogens with zero attached hydrogens (tertiary/aromatic N) is 2. The molecule has 31 heavy (non-hydrogen) atoms. The Morgan fingerprint density at radius 2 is 1.71 bits per heavy atom. The number of amides is 1. The summed E-state index contributed by atoms with van der Waals surface area (Å²) < 4.78 is 31.7. The molecule has 10 heteroatoms. The third-order valence-corrected chi connectivity index (χ3v) is 5.85. The number of carbonyl (C=O) groups is 3. The number of benzene rings is 1. The fourth-order valence-electron chi connectivity index (χ4n) is 4.25. The van der Waals surface area contributed by atoms with Crippen LogP contribution in [0.3, 0.4) is 0 Å². The first-order valence-corrected chi connectivity index (χ1v) is 9.90. The van der Waals surface area contributed by atoms with E-state index in [1.165, 1.54) is 5.56 Å². The van der Waals surface area contributed by atoms with Gasteiger partial charge in [0, 0.05) is 32.1 Å². The van der Waals surface area contributed by atoms with Gasteiger partial charge < -0.3 is 20.0 Å². The van der Waals surface area contributed by atoms with Crippen molar-refractivity contribution in [1.29, 1.82) is 0 Å². The van der Waals surface area contributed by atoms with Crippen LogP contribution >= 0.6 is 0 Å². The minimum Gasteiger partial charge on any atom is -0.481 e. The molecule has 0 radical (unpaired) electrons. The minimum absolute atomic E-state index is 0.0180. The van der Waals surface area contributed by atoms with E-state index in [-0.39, 0.29) is 11.8 Å². The van der Waals surface area contributed by atoms with E-state index in [0.29, 0.717) is 32.5 Å². The molecule has 2 fully saturated rings.